The third-order valence-corrected chi connectivity index (χ3v) is 6.83. The number of hydrogen-bond donors (Lipinski definition) is 0. The normalized spacial score (nSPS) is 11.7. The first-order valence-corrected chi connectivity index (χ1v) is 13.7. The highest BCUT2D eigenvalue weighted by Gasteiger charge is 2.35. The molecule has 0 aliphatic rings. The van der Waals surface area contributed by atoms with E-state index in [2.05, 4.69) is 14.9 Å². The zero-order chi connectivity index (χ0) is 28.9. The third-order valence-electron chi connectivity index (χ3n) is 5.11. The maximum atomic E-state index is 12.8. The van der Waals surface area contributed by atoms with E-state index in [1.54, 1.807) is 64.1 Å². The first-order chi connectivity index (χ1) is 18.9. The Kier molecular flexibility index (Phi) is 8.28. The number of aryl methyl sites for hydroxylation is 1. The second-order valence-corrected chi connectivity index (χ2v) is 11.4. The number of hydrogen-bond acceptors (Lipinski definition) is 11. The van der Waals surface area contributed by atoms with E-state index >= 15 is 0 Å². The quantitative estimate of drug-likeness (QED) is 0.154. The molecule has 0 atom stereocenters. The largest absolute Gasteiger partial charge is 0.515 e. The number of ether oxygens (including phenoxy) is 4. The molecule has 0 amide bonds. The minimum absolute atomic E-state index is 0.0137. The van der Waals surface area contributed by atoms with Crippen LogP contribution < -0.4 is 19.1 Å². The molecule has 0 radical (unpaired) electrons. The molecule has 0 unspecified atom stereocenters. The zero-order valence-corrected chi connectivity index (χ0v) is 23.1. The van der Waals surface area contributed by atoms with Crippen molar-refractivity contribution in [2.75, 3.05) is 13.2 Å². The molecule has 13 nitrogen and oxygen atoms in total. The van der Waals surface area contributed by atoms with Crippen LogP contribution in [0.4, 0.5) is 4.79 Å². The minimum Gasteiger partial charge on any atom is -0.493 e. The molecule has 2 aromatic heterocycles. The Morgan fingerprint density at radius 3 is 2.40 bits per heavy atom. The van der Waals surface area contributed by atoms with Gasteiger partial charge in [-0.1, -0.05) is 18.2 Å². The standard InChI is InChI=1S/C26H28N4O9S/c1-18-17-22(37-25(31)38-26(2,3)4)29(27-18)19-11-13-20(14-12-19)35-15-8-16-36-23-24(30(32)39-28-23)40(33,34)21-9-6-5-7-10-21/h5-7,9-14,17H,8,15-16H2,1-4H3. The van der Waals surface area contributed by atoms with Crippen LogP contribution in [0.2, 0.25) is 0 Å². The van der Waals surface area contributed by atoms with Crippen molar-refractivity contribution in [3.63, 3.8) is 0 Å². The first-order valence-electron chi connectivity index (χ1n) is 12.2. The molecule has 0 spiro atoms. The van der Waals surface area contributed by atoms with Gasteiger partial charge < -0.3 is 24.2 Å². The summed E-state index contributed by atoms with van der Waals surface area (Å²) < 4.78 is 53.2. The van der Waals surface area contributed by atoms with Crippen molar-refractivity contribution in [2.24, 2.45) is 0 Å². The summed E-state index contributed by atoms with van der Waals surface area (Å²) in [4.78, 5) is 11.8. The lowest BCUT2D eigenvalue weighted by atomic mass is 10.2. The van der Waals surface area contributed by atoms with Gasteiger partial charge in [0.05, 0.1) is 34.6 Å². The van der Waals surface area contributed by atoms with Crippen LogP contribution in [-0.2, 0) is 14.6 Å². The summed E-state index contributed by atoms with van der Waals surface area (Å²) in [7, 11) is -4.19. The summed E-state index contributed by atoms with van der Waals surface area (Å²) in [5.74, 6) is 0.328. The molecule has 212 valence electrons. The molecule has 2 heterocycles. The highest BCUT2D eigenvalue weighted by Crippen LogP contribution is 2.25. The van der Waals surface area contributed by atoms with Crippen molar-refractivity contribution in [1.82, 2.24) is 14.9 Å². The van der Waals surface area contributed by atoms with Gasteiger partial charge in [0.15, 0.2) is 0 Å². The molecule has 0 bridgehead atoms. The maximum Gasteiger partial charge on any atom is 0.515 e. The number of sulfone groups is 1. The zero-order valence-electron chi connectivity index (χ0n) is 22.3. The number of benzene rings is 2. The van der Waals surface area contributed by atoms with Gasteiger partial charge in [-0.05, 0) is 69.0 Å². The predicted molar refractivity (Wildman–Crippen MR) is 138 cm³/mol. The SMILES string of the molecule is Cc1cc(OC(=O)OC(C)(C)C)n(-c2ccc(OCCCOc3no[n+]([O-])c3S(=O)(=O)c3ccccc3)cc2)n1. The summed E-state index contributed by atoms with van der Waals surface area (Å²) in [6.45, 7) is 7.23. The molecule has 40 heavy (non-hydrogen) atoms. The average Bonchev–Trinajstić information content (AvgIpc) is 3.45. The van der Waals surface area contributed by atoms with Gasteiger partial charge in [0.1, 0.15) is 11.4 Å². The Hall–Kier alpha value is -4.59. The highest BCUT2D eigenvalue weighted by atomic mass is 32.2. The molecular formula is C26H28N4O9S. The Balaban J connectivity index is 1.31. The number of carbonyl (C=O) groups is 1. The topological polar surface area (TPSA) is 159 Å². The van der Waals surface area contributed by atoms with E-state index in [0.29, 0.717) is 23.6 Å². The monoisotopic (exact) mass is 572 g/mol. The molecule has 2 aromatic carbocycles. The molecule has 14 heteroatoms. The lowest BCUT2D eigenvalue weighted by molar-refractivity contribution is -0.832. The van der Waals surface area contributed by atoms with Crippen molar-refractivity contribution >= 4 is 16.0 Å². The van der Waals surface area contributed by atoms with Crippen LogP contribution in [0.5, 0.6) is 17.5 Å². The fraction of sp³-hybridized carbons (Fsp3) is 0.308. The Bertz CT molecular complexity index is 1560. The van der Waals surface area contributed by atoms with Gasteiger partial charge in [-0.15, -0.1) is 0 Å². The van der Waals surface area contributed by atoms with Crippen LogP contribution in [0.1, 0.15) is 32.9 Å². The molecular weight excluding hydrogens is 544 g/mol. The lowest BCUT2D eigenvalue weighted by Gasteiger charge is -2.18. The van der Waals surface area contributed by atoms with Crippen molar-refractivity contribution in [3.05, 3.63) is 71.6 Å². The Labute approximate surface area is 230 Å². The second kappa shape index (κ2) is 11.7. The Morgan fingerprint density at radius 1 is 1.05 bits per heavy atom. The molecule has 0 saturated carbocycles. The minimum atomic E-state index is -4.19. The molecule has 4 rings (SSSR count). The van der Waals surface area contributed by atoms with Crippen LogP contribution >= 0.6 is 0 Å². The van der Waals surface area contributed by atoms with Gasteiger partial charge in [-0.25, -0.2) is 17.9 Å². The molecule has 0 aliphatic carbocycles. The smallest absolute Gasteiger partial charge is 0.493 e. The van der Waals surface area contributed by atoms with Gasteiger partial charge in [0.25, 0.3) is 9.84 Å². The van der Waals surface area contributed by atoms with Gasteiger partial charge >= 0.3 is 17.1 Å². The van der Waals surface area contributed by atoms with E-state index in [9.17, 15) is 18.4 Å². The predicted octanol–water partition coefficient (Wildman–Crippen LogP) is 3.80. The van der Waals surface area contributed by atoms with Crippen LogP contribution in [-0.4, -0.2) is 48.3 Å². The van der Waals surface area contributed by atoms with Crippen LogP contribution in [0.25, 0.3) is 5.69 Å². The van der Waals surface area contributed by atoms with E-state index in [4.69, 9.17) is 18.9 Å². The summed E-state index contributed by atoms with van der Waals surface area (Å²) in [6, 6.07) is 16.0. The number of rotatable bonds is 10. The fourth-order valence-electron chi connectivity index (χ4n) is 3.43. The molecule has 4 aromatic rings. The molecule has 0 aliphatic heterocycles. The van der Waals surface area contributed by atoms with E-state index in [1.165, 1.54) is 28.9 Å². The summed E-state index contributed by atoms with van der Waals surface area (Å²) in [6.07, 6.45) is -0.485. The second-order valence-electron chi connectivity index (χ2n) is 9.50. The van der Waals surface area contributed by atoms with Gasteiger partial charge in [-0.3, -0.25) is 4.63 Å². The summed E-state index contributed by atoms with van der Waals surface area (Å²) in [5, 5.41) is 19.0. The van der Waals surface area contributed by atoms with Gasteiger partial charge in [0.2, 0.25) is 5.88 Å². The average molecular weight is 573 g/mol. The van der Waals surface area contributed by atoms with E-state index in [0.717, 1.165) is 0 Å². The number of aromatic nitrogens is 4. The lowest BCUT2D eigenvalue weighted by Crippen LogP contribution is -2.31. The highest BCUT2D eigenvalue weighted by molar-refractivity contribution is 7.91. The van der Waals surface area contributed by atoms with Crippen molar-refractivity contribution in [1.29, 1.82) is 0 Å². The van der Waals surface area contributed by atoms with Crippen molar-refractivity contribution in [2.45, 2.75) is 49.6 Å². The molecule has 0 N–H and O–H groups in total. The third kappa shape index (κ3) is 6.88. The van der Waals surface area contributed by atoms with Crippen molar-refractivity contribution < 1.29 is 41.7 Å². The van der Waals surface area contributed by atoms with Crippen molar-refractivity contribution in [3.8, 4) is 23.2 Å². The molecule has 0 fully saturated rings. The summed E-state index contributed by atoms with van der Waals surface area (Å²) >= 11 is 0. The van der Waals surface area contributed by atoms with Crippen LogP contribution in [0.15, 0.2) is 75.2 Å². The van der Waals surface area contributed by atoms with Gasteiger partial charge in [-0.2, -0.15) is 5.10 Å². The van der Waals surface area contributed by atoms with E-state index in [-0.39, 0.29) is 28.9 Å². The number of nitrogens with zero attached hydrogens (tertiary/aromatic N) is 4. The fourth-order valence-corrected chi connectivity index (χ4v) is 4.73. The first kappa shape index (κ1) is 28.4. The van der Waals surface area contributed by atoms with E-state index < -0.39 is 32.5 Å². The maximum absolute atomic E-state index is 12.8. The van der Waals surface area contributed by atoms with Crippen LogP contribution in [0.3, 0.4) is 0 Å². The van der Waals surface area contributed by atoms with E-state index in [1.807, 2.05) is 0 Å². The molecule has 0 saturated heterocycles. The number of carbonyl (C=O) groups excluding carboxylic acids is 1. The Morgan fingerprint density at radius 2 is 1.73 bits per heavy atom. The summed E-state index contributed by atoms with van der Waals surface area (Å²) in [5.41, 5.74) is 0.579. The van der Waals surface area contributed by atoms with Gasteiger partial charge in [0, 0.05) is 12.5 Å². The van der Waals surface area contributed by atoms with Crippen LogP contribution in [0, 0.1) is 12.1 Å².